The number of sulfonamides is 1. The van der Waals surface area contributed by atoms with Crippen LogP contribution in [0.3, 0.4) is 0 Å². The van der Waals surface area contributed by atoms with Crippen LogP contribution in [0.25, 0.3) is 0 Å². The molecule has 0 spiro atoms. The fourth-order valence-corrected chi connectivity index (χ4v) is 3.08. The summed E-state index contributed by atoms with van der Waals surface area (Å²) in [5.41, 5.74) is 7.10. The number of benzene rings is 1. The van der Waals surface area contributed by atoms with Gasteiger partial charge in [-0.3, -0.25) is 0 Å². The summed E-state index contributed by atoms with van der Waals surface area (Å²) in [4.78, 5) is 2.29. The molecule has 5 nitrogen and oxygen atoms in total. The largest absolute Gasteiger partial charge is 0.398 e. The van der Waals surface area contributed by atoms with Crippen LogP contribution in [0.5, 0.6) is 0 Å². The molecular formula is C13H21N3O2S. The van der Waals surface area contributed by atoms with Crippen molar-refractivity contribution < 1.29 is 8.42 Å². The maximum atomic E-state index is 11.8. The van der Waals surface area contributed by atoms with Crippen LogP contribution in [0.2, 0.25) is 0 Å². The van der Waals surface area contributed by atoms with Gasteiger partial charge in [0.1, 0.15) is 4.90 Å². The summed E-state index contributed by atoms with van der Waals surface area (Å²) in [6, 6.07) is 5.54. The Kier molecular flexibility index (Phi) is 3.73. The van der Waals surface area contributed by atoms with Crippen molar-refractivity contribution in [1.82, 2.24) is 4.72 Å². The van der Waals surface area contributed by atoms with E-state index in [1.54, 1.807) is 18.2 Å². The summed E-state index contributed by atoms with van der Waals surface area (Å²) in [7, 11) is -0.0923. The fourth-order valence-electron chi connectivity index (χ4n) is 2.24. The molecule has 3 N–H and O–H groups in total. The van der Waals surface area contributed by atoms with Crippen LogP contribution < -0.4 is 15.4 Å². The maximum absolute atomic E-state index is 11.8. The molecule has 1 aromatic rings. The number of anilines is 2. The predicted molar refractivity (Wildman–Crippen MR) is 77.7 cm³/mol. The van der Waals surface area contributed by atoms with Crippen LogP contribution in [-0.4, -0.2) is 28.6 Å². The number of hydrogen-bond acceptors (Lipinski definition) is 4. The molecule has 1 aromatic carbocycles. The molecule has 2 rings (SSSR count). The molecule has 0 aromatic heterocycles. The summed E-state index contributed by atoms with van der Waals surface area (Å²) < 4.78 is 25.8. The normalized spacial score (nSPS) is 17.2. The van der Waals surface area contributed by atoms with Gasteiger partial charge >= 0.3 is 0 Å². The van der Waals surface area contributed by atoms with Crippen LogP contribution in [0.15, 0.2) is 23.1 Å². The molecule has 0 aliphatic heterocycles. The highest BCUT2D eigenvalue weighted by atomic mass is 32.2. The molecule has 1 atom stereocenters. The molecule has 1 aliphatic carbocycles. The van der Waals surface area contributed by atoms with Gasteiger partial charge in [-0.2, -0.15) is 0 Å². The van der Waals surface area contributed by atoms with Crippen molar-refractivity contribution in [1.29, 1.82) is 0 Å². The van der Waals surface area contributed by atoms with Gasteiger partial charge in [0.25, 0.3) is 0 Å². The minimum atomic E-state index is -3.49. The predicted octanol–water partition coefficient (Wildman–Crippen LogP) is 1.41. The van der Waals surface area contributed by atoms with Crippen LogP contribution in [0, 0.1) is 5.92 Å². The van der Waals surface area contributed by atoms with Crippen molar-refractivity contribution >= 4 is 21.4 Å². The smallest absolute Gasteiger partial charge is 0.242 e. The van der Waals surface area contributed by atoms with E-state index in [1.807, 2.05) is 7.05 Å². The maximum Gasteiger partial charge on any atom is 0.242 e. The van der Waals surface area contributed by atoms with E-state index in [1.165, 1.54) is 19.9 Å². The molecule has 0 radical (unpaired) electrons. The van der Waals surface area contributed by atoms with Crippen molar-refractivity contribution in [2.75, 3.05) is 24.7 Å². The first-order chi connectivity index (χ1) is 8.86. The second kappa shape index (κ2) is 5.02. The highest BCUT2D eigenvalue weighted by molar-refractivity contribution is 7.89. The van der Waals surface area contributed by atoms with Gasteiger partial charge in [-0.05, 0) is 50.9 Å². The zero-order valence-electron chi connectivity index (χ0n) is 11.6. The molecule has 106 valence electrons. The molecule has 1 unspecified atom stereocenters. The lowest BCUT2D eigenvalue weighted by molar-refractivity contribution is 0.588. The van der Waals surface area contributed by atoms with E-state index in [0.29, 0.717) is 6.04 Å². The second-order valence-corrected chi connectivity index (χ2v) is 6.97. The van der Waals surface area contributed by atoms with Crippen molar-refractivity contribution in [3.05, 3.63) is 18.2 Å². The van der Waals surface area contributed by atoms with E-state index in [2.05, 4.69) is 16.5 Å². The third-order valence-corrected chi connectivity index (χ3v) is 5.36. The molecule has 0 bridgehead atoms. The van der Waals surface area contributed by atoms with Crippen LogP contribution in [0.4, 0.5) is 11.4 Å². The third-order valence-electron chi connectivity index (χ3n) is 3.87. The average molecular weight is 283 g/mol. The highest BCUT2D eigenvalue weighted by Crippen LogP contribution is 2.36. The van der Waals surface area contributed by atoms with E-state index in [4.69, 9.17) is 5.73 Å². The van der Waals surface area contributed by atoms with E-state index < -0.39 is 10.0 Å². The van der Waals surface area contributed by atoms with Gasteiger partial charge in [-0.1, -0.05) is 0 Å². The lowest BCUT2D eigenvalue weighted by Crippen LogP contribution is -2.30. The van der Waals surface area contributed by atoms with Gasteiger partial charge in [0.15, 0.2) is 0 Å². The Morgan fingerprint density at radius 3 is 2.53 bits per heavy atom. The lowest BCUT2D eigenvalue weighted by Gasteiger charge is -2.27. The number of hydrogen-bond donors (Lipinski definition) is 2. The van der Waals surface area contributed by atoms with E-state index in [-0.39, 0.29) is 10.6 Å². The Hall–Kier alpha value is -1.27. The summed E-state index contributed by atoms with van der Waals surface area (Å²) in [5, 5.41) is 0. The minimum absolute atomic E-state index is 0.131. The van der Waals surface area contributed by atoms with E-state index in [9.17, 15) is 8.42 Å². The molecule has 1 fully saturated rings. The first kappa shape index (κ1) is 14.1. The van der Waals surface area contributed by atoms with Crippen LogP contribution in [0.1, 0.15) is 19.8 Å². The Labute approximate surface area is 114 Å². The SMILES string of the molecule is CNS(=O)(=O)c1ccc(N(C)C(C)C2CC2)cc1N. The zero-order chi connectivity index (χ0) is 14.2. The van der Waals surface area contributed by atoms with Crippen molar-refractivity contribution in [3.8, 4) is 0 Å². The first-order valence-corrected chi connectivity index (χ1v) is 7.91. The van der Waals surface area contributed by atoms with Crippen molar-refractivity contribution in [2.24, 2.45) is 5.92 Å². The van der Waals surface area contributed by atoms with Crippen LogP contribution >= 0.6 is 0 Å². The molecule has 19 heavy (non-hydrogen) atoms. The average Bonchev–Trinajstić information content (AvgIpc) is 3.20. The van der Waals surface area contributed by atoms with Gasteiger partial charge in [0, 0.05) is 18.8 Å². The number of rotatable bonds is 5. The van der Waals surface area contributed by atoms with E-state index in [0.717, 1.165) is 11.6 Å². The van der Waals surface area contributed by atoms with Gasteiger partial charge in [0.2, 0.25) is 10.0 Å². The van der Waals surface area contributed by atoms with Gasteiger partial charge in [-0.15, -0.1) is 0 Å². The number of nitrogen functional groups attached to an aromatic ring is 1. The zero-order valence-corrected chi connectivity index (χ0v) is 12.4. The number of nitrogens with one attached hydrogen (secondary N) is 1. The molecule has 0 saturated heterocycles. The minimum Gasteiger partial charge on any atom is -0.398 e. The Balaban J connectivity index is 2.28. The Bertz CT molecular complexity index is 567. The molecule has 1 saturated carbocycles. The van der Waals surface area contributed by atoms with Crippen LogP contribution in [-0.2, 0) is 10.0 Å². The summed E-state index contributed by atoms with van der Waals surface area (Å²) in [6.07, 6.45) is 2.54. The van der Waals surface area contributed by atoms with Gasteiger partial charge in [-0.25, -0.2) is 13.1 Å². The molecule has 0 amide bonds. The topological polar surface area (TPSA) is 75.4 Å². The number of nitrogens with zero attached hydrogens (tertiary/aromatic N) is 1. The summed E-state index contributed by atoms with van der Waals surface area (Å²) in [6.45, 7) is 2.19. The number of nitrogens with two attached hydrogens (primary N) is 1. The summed E-state index contributed by atoms with van der Waals surface area (Å²) >= 11 is 0. The Morgan fingerprint density at radius 1 is 1.42 bits per heavy atom. The van der Waals surface area contributed by atoms with E-state index >= 15 is 0 Å². The molecular weight excluding hydrogens is 262 g/mol. The highest BCUT2D eigenvalue weighted by Gasteiger charge is 2.30. The Morgan fingerprint density at radius 2 is 2.05 bits per heavy atom. The molecule has 0 heterocycles. The summed E-state index contributed by atoms with van der Waals surface area (Å²) in [5.74, 6) is 0.743. The molecule has 1 aliphatic rings. The van der Waals surface area contributed by atoms with Gasteiger partial charge in [0.05, 0.1) is 5.69 Å². The monoisotopic (exact) mass is 283 g/mol. The quantitative estimate of drug-likeness (QED) is 0.801. The first-order valence-electron chi connectivity index (χ1n) is 6.42. The fraction of sp³-hybridized carbons (Fsp3) is 0.538. The molecule has 6 heteroatoms. The lowest BCUT2D eigenvalue weighted by atomic mass is 10.1. The van der Waals surface area contributed by atoms with Gasteiger partial charge < -0.3 is 10.6 Å². The van der Waals surface area contributed by atoms with Crippen molar-refractivity contribution in [2.45, 2.75) is 30.7 Å². The second-order valence-electron chi connectivity index (χ2n) is 5.12. The third kappa shape index (κ3) is 2.84. The standard InChI is InChI=1S/C13H21N3O2S/c1-9(10-4-5-10)16(3)11-6-7-13(12(14)8-11)19(17,18)15-2/h6-10,15H,4-5,14H2,1-3H3. The van der Waals surface area contributed by atoms with Crippen molar-refractivity contribution in [3.63, 3.8) is 0 Å².